The van der Waals surface area contributed by atoms with Crippen molar-refractivity contribution in [1.29, 1.82) is 0 Å². The Kier molecular flexibility index (Phi) is 5.61. The summed E-state index contributed by atoms with van der Waals surface area (Å²) in [5, 5.41) is 5.72. The summed E-state index contributed by atoms with van der Waals surface area (Å²) in [6.07, 6.45) is 4.97. The molecule has 0 aromatic heterocycles. The molecule has 1 spiro atoms. The summed E-state index contributed by atoms with van der Waals surface area (Å²) in [6.45, 7) is 2.47. The van der Waals surface area contributed by atoms with Crippen LogP contribution in [0.5, 0.6) is 0 Å². The molecule has 2 amide bonds. The molecule has 1 saturated heterocycles. The molecule has 0 bridgehead atoms. The van der Waals surface area contributed by atoms with Crippen molar-refractivity contribution < 1.29 is 19.1 Å². The first-order valence-corrected chi connectivity index (χ1v) is 9.03. The third kappa shape index (κ3) is 4.32. The molecule has 2 N–H and O–H groups in total. The molecule has 136 valence electrons. The monoisotopic (exact) mass is 366 g/mol. The van der Waals surface area contributed by atoms with Gasteiger partial charge in [-0.3, -0.25) is 9.59 Å². The van der Waals surface area contributed by atoms with Crippen LogP contribution in [-0.4, -0.2) is 36.9 Å². The van der Waals surface area contributed by atoms with E-state index in [4.69, 9.17) is 21.1 Å². The van der Waals surface area contributed by atoms with Crippen molar-refractivity contribution >= 4 is 29.1 Å². The quantitative estimate of drug-likeness (QED) is 0.806. The van der Waals surface area contributed by atoms with Gasteiger partial charge in [0.05, 0.1) is 6.61 Å². The van der Waals surface area contributed by atoms with Crippen LogP contribution in [0.25, 0.3) is 0 Å². The Morgan fingerprint density at radius 2 is 2.00 bits per heavy atom. The fourth-order valence-electron chi connectivity index (χ4n) is 3.28. The van der Waals surface area contributed by atoms with E-state index in [0.717, 1.165) is 31.2 Å². The average molecular weight is 367 g/mol. The molecule has 1 heterocycles. The summed E-state index contributed by atoms with van der Waals surface area (Å²) in [5.74, 6) is -1.91. The second-order valence-electron chi connectivity index (χ2n) is 6.60. The zero-order valence-electron chi connectivity index (χ0n) is 14.3. The number of amides is 2. The lowest BCUT2D eigenvalue weighted by atomic mass is 9.94. The van der Waals surface area contributed by atoms with E-state index in [1.54, 1.807) is 25.1 Å². The second-order valence-corrected chi connectivity index (χ2v) is 7.01. The minimum absolute atomic E-state index is 0.220. The van der Waals surface area contributed by atoms with E-state index >= 15 is 0 Å². The first-order valence-electron chi connectivity index (χ1n) is 8.65. The summed E-state index contributed by atoms with van der Waals surface area (Å²) < 4.78 is 11.8. The summed E-state index contributed by atoms with van der Waals surface area (Å²) in [5.41, 5.74) is 1.24. The van der Waals surface area contributed by atoms with Crippen LogP contribution < -0.4 is 10.6 Å². The van der Waals surface area contributed by atoms with E-state index in [2.05, 4.69) is 10.6 Å². The number of carbonyl (C=O) groups excluding carboxylic acids is 2. The standard InChI is InChI=1S/C18H23ClN2O4/c1-12-14(19)6-5-7-15(12)21-17(23)16(22)20-10-13-11-24-18(25-13)8-3-2-4-9-18/h5-7,13H,2-4,8-11H2,1H3,(H,20,22)(H,21,23)/t13-/m0/s1. The zero-order valence-corrected chi connectivity index (χ0v) is 15.0. The maximum absolute atomic E-state index is 12.0. The summed E-state index contributed by atoms with van der Waals surface area (Å²) in [6, 6.07) is 5.15. The number of hydrogen-bond acceptors (Lipinski definition) is 4. The lowest BCUT2D eigenvalue weighted by Crippen LogP contribution is -2.41. The number of anilines is 1. The van der Waals surface area contributed by atoms with Crippen LogP contribution in [0, 0.1) is 6.92 Å². The molecular formula is C18H23ClN2O4. The van der Waals surface area contributed by atoms with Gasteiger partial charge in [0.1, 0.15) is 6.10 Å². The van der Waals surface area contributed by atoms with Gasteiger partial charge in [0.25, 0.3) is 0 Å². The minimum Gasteiger partial charge on any atom is -0.347 e. The molecule has 2 fully saturated rings. The molecule has 0 radical (unpaired) electrons. The first-order chi connectivity index (χ1) is 12.0. The lowest BCUT2D eigenvalue weighted by Gasteiger charge is -2.31. The molecule has 0 unspecified atom stereocenters. The van der Waals surface area contributed by atoms with Crippen molar-refractivity contribution in [1.82, 2.24) is 5.32 Å². The third-order valence-corrected chi connectivity index (χ3v) is 5.15. The highest BCUT2D eigenvalue weighted by Crippen LogP contribution is 2.37. The largest absolute Gasteiger partial charge is 0.347 e. The number of hydrogen-bond donors (Lipinski definition) is 2. The van der Waals surface area contributed by atoms with Crippen molar-refractivity contribution in [3.63, 3.8) is 0 Å². The Labute approximate surface area is 152 Å². The van der Waals surface area contributed by atoms with Gasteiger partial charge < -0.3 is 20.1 Å². The highest BCUT2D eigenvalue weighted by molar-refractivity contribution is 6.40. The molecule has 7 heteroatoms. The van der Waals surface area contributed by atoms with Gasteiger partial charge in [0.2, 0.25) is 0 Å². The molecule has 25 heavy (non-hydrogen) atoms. The van der Waals surface area contributed by atoms with Crippen LogP contribution in [0.4, 0.5) is 5.69 Å². The van der Waals surface area contributed by atoms with Gasteiger partial charge in [-0.1, -0.05) is 24.1 Å². The molecular weight excluding hydrogens is 344 g/mol. The molecule has 1 atom stereocenters. The number of nitrogens with one attached hydrogen (secondary N) is 2. The molecule has 1 saturated carbocycles. The molecule has 1 aliphatic carbocycles. The highest BCUT2D eigenvalue weighted by Gasteiger charge is 2.42. The Morgan fingerprint density at radius 1 is 1.24 bits per heavy atom. The van der Waals surface area contributed by atoms with Gasteiger partial charge >= 0.3 is 11.8 Å². The maximum atomic E-state index is 12.0. The lowest BCUT2D eigenvalue weighted by molar-refractivity contribution is -0.186. The van der Waals surface area contributed by atoms with E-state index < -0.39 is 17.6 Å². The van der Waals surface area contributed by atoms with Crippen LogP contribution in [-0.2, 0) is 19.1 Å². The van der Waals surface area contributed by atoms with Crippen LogP contribution in [0.15, 0.2) is 18.2 Å². The van der Waals surface area contributed by atoms with Crippen molar-refractivity contribution in [2.45, 2.75) is 50.9 Å². The molecule has 1 aliphatic heterocycles. The van der Waals surface area contributed by atoms with E-state index in [9.17, 15) is 9.59 Å². The summed E-state index contributed by atoms with van der Waals surface area (Å²) >= 11 is 6.01. The molecule has 2 aliphatic rings. The molecule has 1 aromatic rings. The van der Waals surface area contributed by atoms with E-state index in [0.29, 0.717) is 17.3 Å². The predicted octanol–water partition coefficient (Wildman–Crippen LogP) is 2.78. The van der Waals surface area contributed by atoms with Crippen LogP contribution in [0.2, 0.25) is 5.02 Å². The van der Waals surface area contributed by atoms with Crippen LogP contribution >= 0.6 is 11.6 Å². The fourth-order valence-corrected chi connectivity index (χ4v) is 3.45. The average Bonchev–Trinajstić information content (AvgIpc) is 2.99. The summed E-state index contributed by atoms with van der Waals surface area (Å²) in [7, 11) is 0. The Bertz CT molecular complexity index is 658. The molecule has 6 nitrogen and oxygen atoms in total. The predicted molar refractivity (Wildman–Crippen MR) is 94.5 cm³/mol. The Hall–Kier alpha value is -1.63. The van der Waals surface area contributed by atoms with Gasteiger partial charge in [0, 0.05) is 30.1 Å². The normalized spacial score (nSPS) is 21.9. The summed E-state index contributed by atoms with van der Waals surface area (Å²) in [4.78, 5) is 24.1. The van der Waals surface area contributed by atoms with Crippen molar-refractivity contribution in [2.24, 2.45) is 0 Å². The van der Waals surface area contributed by atoms with Gasteiger partial charge in [-0.2, -0.15) is 0 Å². The number of halogens is 1. The van der Waals surface area contributed by atoms with Crippen molar-refractivity contribution in [3.05, 3.63) is 28.8 Å². The number of carbonyl (C=O) groups is 2. The zero-order chi connectivity index (χ0) is 17.9. The first kappa shape index (κ1) is 18.2. The number of benzene rings is 1. The minimum atomic E-state index is -0.725. The van der Waals surface area contributed by atoms with Gasteiger partial charge in [-0.25, -0.2) is 0 Å². The molecule has 1 aromatic carbocycles. The van der Waals surface area contributed by atoms with Gasteiger partial charge in [-0.15, -0.1) is 0 Å². The Morgan fingerprint density at radius 3 is 2.76 bits per heavy atom. The maximum Gasteiger partial charge on any atom is 0.313 e. The SMILES string of the molecule is Cc1c(Cl)cccc1NC(=O)C(=O)NC[C@H]1COC2(CCCCC2)O1. The van der Waals surface area contributed by atoms with E-state index in [-0.39, 0.29) is 12.6 Å². The highest BCUT2D eigenvalue weighted by atomic mass is 35.5. The van der Waals surface area contributed by atoms with E-state index in [1.807, 2.05) is 0 Å². The fraction of sp³-hybridized carbons (Fsp3) is 0.556. The van der Waals surface area contributed by atoms with Crippen LogP contribution in [0.1, 0.15) is 37.7 Å². The topological polar surface area (TPSA) is 76.7 Å². The van der Waals surface area contributed by atoms with E-state index in [1.165, 1.54) is 6.42 Å². The van der Waals surface area contributed by atoms with Gasteiger partial charge in [0.15, 0.2) is 5.79 Å². The second kappa shape index (κ2) is 7.72. The smallest absolute Gasteiger partial charge is 0.313 e. The van der Waals surface area contributed by atoms with Crippen LogP contribution in [0.3, 0.4) is 0 Å². The van der Waals surface area contributed by atoms with Crippen molar-refractivity contribution in [2.75, 3.05) is 18.5 Å². The third-order valence-electron chi connectivity index (χ3n) is 4.74. The number of ether oxygens (including phenoxy) is 2. The van der Waals surface area contributed by atoms with Crippen molar-refractivity contribution in [3.8, 4) is 0 Å². The Balaban J connectivity index is 1.48. The molecule has 3 rings (SSSR count). The number of rotatable bonds is 3. The van der Waals surface area contributed by atoms with Gasteiger partial charge in [-0.05, 0) is 37.5 Å².